The first kappa shape index (κ1) is 15.6. The average Bonchev–Trinajstić information content (AvgIpc) is 2.72. The maximum absolute atomic E-state index is 12.2. The number of hydrogen-bond donors (Lipinski definition) is 1. The standard InChI is InChI=1S/C12H7BrF3N3OS/c1-6-8(5-17)11(21-19-6)18-7-2-3-10(9(13)4-7)20-12(14,15)16/h2-4,18H,1H3. The molecule has 0 atom stereocenters. The van der Waals surface area contributed by atoms with E-state index in [1.807, 2.05) is 6.07 Å². The molecule has 2 rings (SSSR count). The van der Waals surface area contributed by atoms with E-state index < -0.39 is 6.36 Å². The Kier molecular flexibility index (Phi) is 4.39. The summed E-state index contributed by atoms with van der Waals surface area (Å²) in [4.78, 5) is 0. The van der Waals surface area contributed by atoms with Crippen LogP contribution in [-0.2, 0) is 0 Å². The number of nitrogens with zero attached hydrogens (tertiary/aromatic N) is 2. The molecule has 0 aliphatic heterocycles. The van der Waals surface area contributed by atoms with E-state index in [0.29, 0.717) is 21.9 Å². The van der Waals surface area contributed by atoms with E-state index in [1.165, 1.54) is 18.2 Å². The van der Waals surface area contributed by atoms with Gasteiger partial charge in [0, 0.05) is 5.69 Å². The lowest BCUT2D eigenvalue weighted by atomic mass is 10.2. The number of halogens is 4. The van der Waals surface area contributed by atoms with E-state index in [9.17, 15) is 13.2 Å². The first-order valence-corrected chi connectivity index (χ1v) is 7.05. The molecule has 9 heteroatoms. The first-order valence-electron chi connectivity index (χ1n) is 5.49. The largest absolute Gasteiger partial charge is 0.573 e. The van der Waals surface area contributed by atoms with Crippen LogP contribution in [0.2, 0.25) is 0 Å². The van der Waals surface area contributed by atoms with Crippen molar-refractivity contribution < 1.29 is 17.9 Å². The molecule has 0 radical (unpaired) electrons. The summed E-state index contributed by atoms with van der Waals surface area (Å²) in [5, 5.41) is 12.5. The summed E-state index contributed by atoms with van der Waals surface area (Å²) >= 11 is 4.12. The van der Waals surface area contributed by atoms with E-state index in [-0.39, 0.29) is 10.2 Å². The highest BCUT2D eigenvalue weighted by Crippen LogP contribution is 2.34. The second kappa shape index (κ2) is 5.91. The third-order valence-electron chi connectivity index (χ3n) is 2.39. The summed E-state index contributed by atoms with van der Waals surface area (Å²) in [6.07, 6.45) is -4.75. The number of aromatic nitrogens is 1. The maximum atomic E-state index is 12.2. The fourth-order valence-electron chi connectivity index (χ4n) is 1.50. The Hall–Kier alpha value is -1.79. The van der Waals surface area contributed by atoms with Gasteiger partial charge in [0.1, 0.15) is 22.4 Å². The Labute approximate surface area is 130 Å². The van der Waals surface area contributed by atoms with Crippen molar-refractivity contribution in [2.75, 3.05) is 5.32 Å². The Morgan fingerprint density at radius 2 is 2.14 bits per heavy atom. The fourth-order valence-corrected chi connectivity index (χ4v) is 2.73. The van der Waals surface area contributed by atoms with Crippen LogP contribution in [0.3, 0.4) is 0 Å². The molecular weight excluding hydrogens is 371 g/mol. The van der Waals surface area contributed by atoms with E-state index in [1.54, 1.807) is 6.92 Å². The van der Waals surface area contributed by atoms with Crippen molar-refractivity contribution in [3.8, 4) is 11.8 Å². The van der Waals surface area contributed by atoms with Crippen molar-refractivity contribution in [3.63, 3.8) is 0 Å². The van der Waals surface area contributed by atoms with Gasteiger partial charge in [-0.1, -0.05) is 0 Å². The lowest BCUT2D eigenvalue weighted by molar-refractivity contribution is -0.274. The topological polar surface area (TPSA) is 57.9 Å². The van der Waals surface area contributed by atoms with E-state index in [0.717, 1.165) is 11.5 Å². The molecule has 1 aromatic heterocycles. The Morgan fingerprint density at radius 3 is 2.71 bits per heavy atom. The molecule has 1 aromatic carbocycles. The zero-order valence-corrected chi connectivity index (χ0v) is 12.9. The van der Waals surface area contributed by atoms with Crippen LogP contribution in [0.5, 0.6) is 5.75 Å². The molecule has 2 aromatic rings. The number of nitrogens with one attached hydrogen (secondary N) is 1. The molecular formula is C12H7BrF3N3OS. The molecule has 0 amide bonds. The number of anilines is 2. The molecule has 0 saturated carbocycles. The quantitative estimate of drug-likeness (QED) is 0.839. The van der Waals surface area contributed by atoms with Crippen LogP contribution >= 0.6 is 27.5 Å². The Balaban J connectivity index is 2.23. The molecule has 110 valence electrons. The van der Waals surface area contributed by atoms with Gasteiger partial charge >= 0.3 is 6.36 Å². The minimum atomic E-state index is -4.75. The molecule has 0 spiro atoms. The lowest BCUT2D eigenvalue weighted by Gasteiger charge is -2.12. The highest BCUT2D eigenvalue weighted by molar-refractivity contribution is 9.10. The number of hydrogen-bond acceptors (Lipinski definition) is 5. The van der Waals surface area contributed by atoms with Crippen molar-refractivity contribution in [2.45, 2.75) is 13.3 Å². The molecule has 0 unspecified atom stereocenters. The smallest absolute Gasteiger partial charge is 0.405 e. The number of nitriles is 1. The highest BCUT2D eigenvalue weighted by Gasteiger charge is 2.31. The van der Waals surface area contributed by atoms with Gasteiger partial charge in [0.05, 0.1) is 10.2 Å². The van der Waals surface area contributed by atoms with Crippen LogP contribution in [-0.4, -0.2) is 10.7 Å². The van der Waals surface area contributed by atoms with Crippen molar-refractivity contribution in [2.24, 2.45) is 0 Å². The second-order valence-electron chi connectivity index (χ2n) is 3.90. The molecule has 0 bridgehead atoms. The van der Waals surface area contributed by atoms with Crippen LogP contribution in [0.25, 0.3) is 0 Å². The maximum Gasteiger partial charge on any atom is 0.573 e. The zero-order valence-electron chi connectivity index (χ0n) is 10.5. The van der Waals surface area contributed by atoms with Gasteiger partial charge in [-0.3, -0.25) is 0 Å². The lowest BCUT2D eigenvalue weighted by Crippen LogP contribution is -2.17. The molecule has 0 aliphatic rings. The number of benzene rings is 1. The number of aryl methyl sites for hydroxylation is 1. The average molecular weight is 378 g/mol. The molecule has 0 fully saturated rings. The summed E-state index contributed by atoms with van der Waals surface area (Å²) in [5.41, 5.74) is 1.52. The van der Waals surface area contributed by atoms with Crippen LogP contribution < -0.4 is 10.1 Å². The van der Waals surface area contributed by atoms with E-state index in [2.05, 4.69) is 30.4 Å². The number of ether oxygens (including phenoxy) is 1. The van der Waals surface area contributed by atoms with Gasteiger partial charge in [-0.2, -0.15) is 9.64 Å². The van der Waals surface area contributed by atoms with Gasteiger partial charge in [-0.15, -0.1) is 13.2 Å². The predicted molar refractivity (Wildman–Crippen MR) is 75.7 cm³/mol. The van der Waals surface area contributed by atoms with Gasteiger partial charge in [0.25, 0.3) is 0 Å². The van der Waals surface area contributed by atoms with Gasteiger partial charge in [-0.05, 0) is 52.6 Å². The summed E-state index contributed by atoms with van der Waals surface area (Å²) in [7, 11) is 0. The minimum absolute atomic E-state index is 0.143. The van der Waals surface area contributed by atoms with Crippen molar-refractivity contribution in [3.05, 3.63) is 33.9 Å². The molecule has 0 aliphatic carbocycles. The fraction of sp³-hybridized carbons (Fsp3) is 0.167. The summed E-state index contributed by atoms with van der Waals surface area (Å²) in [6, 6.07) is 6.05. The summed E-state index contributed by atoms with van der Waals surface area (Å²) in [5.74, 6) is -0.339. The predicted octanol–water partition coefficient (Wildman–Crippen LogP) is 4.73. The van der Waals surface area contributed by atoms with Crippen LogP contribution in [0.1, 0.15) is 11.3 Å². The number of alkyl halides is 3. The van der Waals surface area contributed by atoms with Gasteiger partial charge in [-0.25, -0.2) is 0 Å². The first-order chi connectivity index (χ1) is 9.80. The van der Waals surface area contributed by atoms with Crippen LogP contribution in [0.4, 0.5) is 23.9 Å². The molecule has 1 heterocycles. The van der Waals surface area contributed by atoms with Gasteiger partial charge in [0.2, 0.25) is 0 Å². The zero-order chi connectivity index (χ0) is 15.6. The Bertz CT molecular complexity index is 709. The Morgan fingerprint density at radius 1 is 1.43 bits per heavy atom. The number of rotatable bonds is 3. The van der Waals surface area contributed by atoms with Crippen LogP contribution in [0.15, 0.2) is 22.7 Å². The molecule has 0 saturated heterocycles. The van der Waals surface area contributed by atoms with Crippen molar-refractivity contribution in [1.82, 2.24) is 4.37 Å². The van der Waals surface area contributed by atoms with E-state index in [4.69, 9.17) is 5.26 Å². The highest BCUT2D eigenvalue weighted by atomic mass is 79.9. The summed E-state index contributed by atoms with van der Waals surface area (Å²) < 4.78 is 44.5. The van der Waals surface area contributed by atoms with E-state index >= 15 is 0 Å². The van der Waals surface area contributed by atoms with Crippen molar-refractivity contribution >= 4 is 38.2 Å². The normalized spacial score (nSPS) is 11.0. The second-order valence-corrected chi connectivity index (χ2v) is 5.53. The molecule has 1 N–H and O–H groups in total. The third kappa shape index (κ3) is 3.86. The van der Waals surface area contributed by atoms with Gasteiger partial charge in [0.15, 0.2) is 0 Å². The van der Waals surface area contributed by atoms with Crippen molar-refractivity contribution in [1.29, 1.82) is 5.26 Å². The minimum Gasteiger partial charge on any atom is -0.405 e. The third-order valence-corrected chi connectivity index (χ3v) is 3.86. The summed E-state index contributed by atoms with van der Waals surface area (Å²) in [6.45, 7) is 1.70. The van der Waals surface area contributed by atoms with Crippen LogP contribution in [0, 0.1) is 18.3 Å². The van der Waals surface area contributed by atoms with Gasteiger partial charge < -0.3 is 10.1 Å². The SMILES string of the molecule is Cc1nsc(Nc2ccc(OC(F)(F)F)c(Br)c2)c1C#N. The molecule has 4 nitrogen and oxygen atoms in total. The monoisotopic (exact) mass is 377 g/mol. The molecule has 21 heavy (non-hydrogen) atoms.